The van der Waals surface area contributed by atoms with Gasteiger partial charge in [0.15, 0.2) is 0 Å². The van der Waals surface area contributed by atoms with Gasteiger partial charge in [0, 0.05) is 0 Å². The van der Waals surface area contributed by atoms with Crippen molar-refractivity contribution in [3.05, 3.63) is 99.6 Å². The summed E-state index contributed by atoms with van der Waals surface area (Å²) in [5.41, 5.74) is 19.0. The second kappa shape index (κ2) is 40.0. The van der Waals surface area contributed by atoms with Gasteiger partial charge in [0.05, 0.1) is 5.57 Å². The van der Waals surface area contributed by atoms with E-state index in [2.05, 4.69) is 113 Å². The average molecular weight is 838 g/mol. The Morgan fingerprint density at radius 1 is 0.534 bits per heavy atom. The summed E-state index contributed by atoms with van der Waals surface area (Å²) in [4.78, 5) is 3.51. The molecule has 0 spiro atoms. The van der Waals surface area contributed by atoms with E-state index in [0.29, 0.717) is 0 Å². The van der Waals surface area contributed by atoms with E-state index in [1.54, 1.807) is 0 Å². The summed E-state index contributed by atoms with van der Waals surface area (Å²) < 4.78 is 0. The van der Waals surface area contributed by atoms with Crippen LogP contribution in [0.5, 0.6) is 0 Å². The van der Waals surface area contributed by atoms with E-state index >= 15 is 0 Å². The molecule has 0 unspecified atom stereocenters. The van der Waals surface area contributed by atoms with Gasteiger partial charge in [-0.05, 0) is 104 Å². The van der Waals surface area contributed by atoms with Crippen LogP contribution in [-0.2, 0) is 27.3 Å². The van der Waals surface area contributed by atoms with Crippen molar-refractivity contribution in [1.29, 1.82) is 0 Å². The van der Waals surface area contributed by atoms with Gasteiger partial charge in [-0.15, -0.1) is 4.79 Å². The number of hydrogen-bond donors (Lipinski definition) is 0. The van der Waals surface area contributed by atoms with Gasteiger partial charge < -0.3 is 5.53 Å². The number of aryl methyl sites for hydroxylation is 2. The Hall–Kier alpha value is -2.43. The number of unbranched alkanes of at least 4 members (excludes halogenated alkanes) is 18. The van der Waals surface area contributed by atoms with E-state index in [-0.39, 0.29) is 0 Å². The van der Waals surface area contributed by atoms with Crippen LogP contribution >= 0.6 is 0 Å². The summed E-state index contributed by atoms with van der Waals surface area (Å²) in [7, 11) is 0. The number of allylic oxidation sites excluding steroid dienone is 4. The van der Waals surface area contributed by atoms with Crippen molar-refractivity contribution >= 4 is 11.4 Å². The zero-order chi connectivity index (χ0) is 42.2. The Bertz CT molecular complexity index is 1380. The van der Waals surface area contributed by atoms with Gasteiger partial charge >= 0.3 is 83.5 Å². The summed E-state index contributed by atoms with van der Waals surface area (Å²) >= 11 is 1.97. The molecule has 0 saturated carbocycles. The SMILES string of the molecule is CCCCCCC=CCCCc1ccccc1C(=C(CCCCCCCC)C(=C=[N+]=[N-])CCCC)c1ccc(CCCCCC)cc1.CCCC[CH2][Ni][CH2]CCCC. The van der Waals surface area contributed by atoms with Crippen molar-refractivity contribution in [2.75, 3.05) is 0 Å². The maximum absolute atomic E-state index is 9.80. The number of hydrogen-bond acceptors (Lipinski definition) is 0. The van der Waals surface area contributed by atoms with Crippen LogP contribution in [0.3, 0.4) is 0 Å². The molecule has 0 saturated heterocycles. The van der Waals surface area contributed by atoms with Crippen LogP contribution in [0.2, 0.25) is 10.8 Å². The normalized spacial score (nSPS) is 11.6. The van der Waals surface area contributed by atoms with E-state index in [4.69, 9.17) is 0 Å². The molecule has 0 atom stereocenters. The minimum absolute atomic E-state index is 0.885. The molecule has 58 heavy (non-hydrogen) atoms. The van der Waals surface area contributed by atoms with E-state index in [9.17, 15) is 5.53 Å². The van der Waals surface area contributed by atoms with Crippen molar-refractivity contribution in [3.63, 3.8) is 0 Å². The molecular weight excluding hydrogens is 747 g/mol. The van der Waals surface area contributed by atoms with Gasteiger partial charge in [0.1, 0.15) is 0 Å². The average Bonchev–Trinajstić information content (AvgIpc) is 3.25. The van der Waals surface area contributed by atoms with Crippen molar-refractivity contribution in [2.24, 2.45) is 0 Å². The van der Waals surface area contributed by atoms with Gasteiger partial charge in [0.2, 0.25) is 0 Å². The van der Waals surface area contributed by atoms with Crippen LogP contribution in [0.4, 0.5) is 0 Å². The molecule has 330 valence electrons. The monoisotopic (exact) mass is 837 g/mol. The van der Waals surface area contributed by atoms with Gasteiger partial charge in [-0.3, -0.25) is 0 Å². The van der Waals surface area contributed by atoms with E-state index < -0.39 is 0 Å². The standard InChI is InChI=1S/C45H68N2.2C5H11.Ni/c1-5-9-13-16-18-19-20-21-24-30-40-31-26-27-33-43(40)45(41-36-34-39(35-37-41)28-23-15-11-7-3)44(32-25-22-17-14-10-6-2)42(38-47-46)29-12-8-4;2*1-3-5-4-2;/h19-20,26-27,31,33-37H,5-18,21-25,28-30,32H2,1-4H3;2*1,3-5H2,2H3;. The third-order valence-electron chi connectivity index (χ3n) is 11.1. The number of rotatable bonds is 35. The molecular formula is C55H90N2Ni. The van der Waals surface area contributed by atoms with Crippen molar-refractivity contribution < 1.29 is 19.2 Å². The van der Waals surface area contributed by atoms with Gasteiger partial charge in [-0.25, -0.2) is 0 Å². The maximum atomic E-state index is 9.80. The summed E-state index contributed by atoms with van der Waals surface area (Å²) in [6, 6.07) is 18.5. The summed E-state index contributed by atoms with van der Waals surface area (Å²) in [6.07, 6.45) is 41.0. The Morgan fingerprint density at radius 2 is 1.07 bits per heavy atom. The van der Waals surface area contributed by atoms with Crippen molar-refractivity contribution in [1.82, 2.24) is 0 Å². The predicted molar refractivity (Wildman–Crippen MR) is 256 cm³/mol. The molecule has 0 amide bonds. The van der Waals surface area contributed by atoms with Crippen molar-refractivity contribution in [3.8, 4) is 0 Å². The molecule has 0 aromatic heterocycles. The summed E-state index contributed by atoms with van der Waals surface area (Å²) in [6.45, 7) is 13.6. The third kappa shape index (κ3) is 26.6. The topological polar surface area (TPSA) is 36.4 Å². The molecule has 0 N–H and O–H groups in total. The van der Waals surface area contributed by atoms with Crippen LogP contribution in [0, 0.1) is 0 Å². The van der Waals surface area contributed by atoms with Gasteiger partial charge in [-0.2, -0.15) is 0 Å². The van der Waals surface area contributed by atoms with Crippen LogP contribution in [-0.4, -0.2) is 10.7 Å². The van der Waals surface area contributed by atoms with Crippen LogP contribution < -0.4 is 0 Å². The third-order valence-corrected chi connectivity index (χ3v) is 12.5. The van der Waals surface area contributed by atoms with Crippen LogP contribution in [0.1, 0.15) is 237 Å². The quantitative estimate of drug-likeness (QED) is 0.0126. The Kier molecular flexibility index (Phi) is 37.0. The fourth-order valence-electron chi connectivity index (χ4n) is 7.50. The van der Waals surface area contributed by atoms with E-state index in [1.807, 2.05) is 14.4 Å². The molecule has 0 fully saturated rings. The Morgan fingerprint density at radius 3 is 1.69 bits per heavy atom. The molecule has 0 bridgehead atoms. The first-order valence-electron chi connectivity index (χ1n) is 24.6. The van der Waals surface area contributed by atoms with E-state index in [0.717, 1.165) is 63.4 Å². The minimum atomic E-state index is 0.885. The van der Waals surface area contributed by atoms with Gasteiger partial charge in [0.25, 0.3) is 0 Å². The second-order valence-electron chi connectivity index (χ2n) is 16.4. The van der Waals surface area contributed by atoms with Crippen LogP contribution in [0.25, 0.3) is 11.1 Å². The molecule has 2 nitrogen and oxygen atoms in total. The molecule has 0 aliphatic rings. The van der Waals surface area contributed by atoms with Gasteiger partial charge in [-0.1, -0.05) is 165 Å². The molecule has 0 aliphatic heterocycles. The molecule has 3 heteroatoms. The van der Waals surface area contributed by atoms with Crippen molar-refractivity contribution in [2.45, 2.75) is 239 Å². The van der Waals surface area contributed by atoms with E-state index in [1.165, 1.54) is 173 Å². The molecule has 2 aromatic carbocycles. The zero-order valence-electron chi connectivity index (χ0n) is 38.9. The first-order valence-corrected chi connectivity index (χ1v) is 26.0. The number of nitrogens with zero attached hydrogens (tertiary/aromatic N) is 2. The zero-order valence-corrected chi connectivity index (χ0v) is 39.9. The second-order valence-corrected chi connectivity index (χ2v) is 17.9. The predicted octanol–water partition coefficient (Wildman–Crippen LogP) is 18.5. The first-order chi connectivity index (χ1) is 28.6. The number of benzene rings is 2. The fraction of sp³-hybridized carbons (Fsp3) is 0.673. The molecule has 2 rings (SSSR count). The molecule has 0 aliphatic carbocycles. The summed E-state index contributed by atoms with van der Waals surface area (Å²) in [5.74, 6) is 3.08. The Labute approximate surface area is 367 Å². The first kappa shape index (κ1) is 53.6. The molecule has 0 radical (unpaired) electrons. The Balaban J connectivity index is 0.00000133. The summed E-state index contributed by atoms with van der Waals surface area (Å²) in [5, 5.41) is 2.81. The molecule has 0 heterocycles. The fourth-order valence-corrected chi connectivity index (χ4v) is 8.73. The van der Waals surface area contributed by atoms with Crippen LogP contribution in [0.15, 0.2) is 71.8 Å². The molecule has 2 aromatic rings.